The second-order valence-electron chi connectivity index (χ2n) is 5.63. The van der Waals surface area contributed by atoms with Crippen LogP contribution in [0.15, 0.2) is 36.5 Å². The van der Waals surface area contributed by atoms with Crippen molar-refractivity contribution in [1.82, 2.24) is 4.57 Å². The van der Waals surface area contributed by atoms with Gasteiger partial charge in [-0.15, -0.1) is 0 Å². The van der Waals surface area contributed by atoms with E-state index in [4.69, 9.17) is 5.26 Å². The van der Waals surface area contributed by atoms with Gasteiger partial charge in [-0.2, -0.15) is 5.26 Å². The van der Waals surface area contributed by atoms with Crippen LogP contribution in [0.2, 0.25) is 0 Å². The number of nitrogens with zero attached hydrogens (tertiary/aromatic N) is 2. The third kappa shape index (κ3) is 3.82. The first-order valence-corrected chi connectivity index (χ1v) is 7.74. The van der Waals surface area contributed by atoms with Crippen LogP contribution < -0.4 is 10.6 Å². The van der Waals surface area contributed by atoms with Crippen LogP contribution in [0.3, 0.4) is 0 Å². The lowest BCUT2D eigenvalue weighted by Gasteiger charge is -2.14. The Kier molecular flexibility index (Phi) is 5.38. The Morgan fingerprint density at radius 1 is 1.25 bits per heavy atom. The molecular formula is C18H20N4O2. The smallest absolute Gasteiger partial charge is 0.272 e. The number of hydrogen-bond acceptors (Lipinski definition) is 3. The lowest BCUT2D eigenvalue weighted by molar-refractivity contribution is -0.119. The third-order valence-corrected chi connectivity index (χ3v) is 3.86. The summed E-state index contributed by atoms with van der Waals surface area (Å²) in [4.78, 5) is 24.5. The summed E-state index contributed by atoms with van der Waals surface area (Å²) in [6.45, 7) is 3.80. The Labute approximate surface area is 141 Å². The molecule has 0 saturated carbocycles. The van der Waals surface area contributed by atoms with E-state index in [1.807, 2.05) is 19.9 Å². The molecule has 124 valence electrons. The number of benzene rings is 1. The second-order valence-corrected chi connectivity index (χ2v) is 5.63. The van der Waals surface area contributed by atoms with Crippen LogP contribution in [0.1, 0.15) is 36.3 Å². The molecule has 0 fully saturated rings. The number of para-hydroxylation sites is 2. The summed E-state index contributed by atoms with van der Waals surface area (Å²) < 4.78 is 1.59. The van der Waals surface area contributed by atoms with Crippen molar-refractivity contribution < 1.29 is 9.59 Å². The summed E-state index contributed by atoms with van der Waals surface area (Å²) in [7, 11) is 1.70. The SMILES string of the molecule is CCC(C)C(=O)Nc1ccccc1NC(=O)c1cc(C#N)cn1C. The van der Waals surface area contributed by atoms with Gasteiger partial charge in [0.1, 0.15) is 11.8 Å². The van der Waals surface area contributed by atoms with Crippen LogP contribution >= 0.6 is 0 Å². The molecule has 2 aromatic rings. The maximum atomic E-state index is 12.4. The molecule has 1 atom stereocenters. The van der Waals surface area contributed by atoms with Gasteiger partial charge in [-0.25, -0.2) is 0 Å². The van der Waals surface area contributed by atoms with Crippen molar-refractivity contribution in [2.24, 2.45) is 13.0 Å². The summed E-state index contributed by atoms with van der Waals surface area (Å²) in [6.07, 6.45) is 2.33. The van der Waals surface area contributed by atoms with Gasteiger partial charge in [0.2, 0.25) is 5.91 Å². The Morgan fingerprint density at radius 3 is 2.42 bits per heavy atom. The Balaban J connectivity index is 2.21. The van der Waals surface area contributed by atoms with E-state index in [-0.39, 0.29) is 17.7 Å². The maximum absolute atomic E-state index is 12.4. The minimum Gasteiger partial charge on any atom is -0.345 e. The summed E-state index contributed by atoms with van der Waals surface area (Å²) in [5, 5.41) is 14.5. The van der Waals surface area contributed by atoms with E-state index < -0.39 is 0 Å². The van der Waals surface area contributed by atoms with Crippen molar-refractivity contribution in [2.75, 3.05) is 10.6 Å². The first-order valence-electron chi connectivity index (χ1n) is 7.74. The molecule has 0 aliphatic carbocycles. The lowest BCUT2D eigenvalue weighted by Crippen LogP contribution is -2.22. The summed E-state index contributed by atoms with van der Waals surface area (Å²) in [5.74, 6) is -0.547. The van der Waals surface area contributed by atoms with E-state index in [0.29, 0.717) is 22.6 Å². The van der Waals surface area contributed by atoms with E-state index >= 15 is 0 Å². The molecule has 0 saturated heterocycles. The highest BCUT2D eigenvalue weighted by molar-refractivity contribution is 6.06. The highest BCUT2D eigenvalue weighted by Gasteiger charge is 2.16. The van der Waals surface area contributed by atoms with Crippen molar-refractivity contribution >= 4 is 23.2 Å². The number of rotatable bonds is 5. The van der Waals surface area contributed by atoms with Gasteiger partial charge >= 0.3 is 0 Å². The molecule has 24 heavy (non-hydrogen) atoms. The number of carbonyl (C=O) groups is 2. The number of anilines is 2. The molecule has 1 aromatic carbocycles. The number of nitrogens with one attached hydrogen (secondary N) is 2. The molecular weight excluding hydrogens is 304 g/mol. The van der Waals surface area contributed by atoms with Crippen LogP contribution in [-0.2, 0) is 11.8 Å². The van der Waals surface area contributed by atoms with Gasteiger partial charge in [0.25, 0.3) is 5.91 Å². The molecule has 0 bridgehead atoms. The van der Waals surface area contributed by atoms with Crippen molar-refractivity contribution in [3.63, 3.8) is 0 Å². The van der Waals surface area contributed by atoms with Gasteiger partial charge in [-0.3, -0.25) is 9.59 Å². The minimum atomic E-state index is -0.343. The highest BCUT2D eigenvalue weighted by atomic mass is 16.2. The summed E-state index contributed by atoms with van der Waals surface area (Å²) in [6, 6.07) is 10.6. The number of carbonyl (C=O) groups excluding carboxylic acids is 2. The van der Waals surface area contributed by atoms with Crippen molar-refractivity contribution in [3.8, 4) is 6.07 Å². The zero-order valence-electron chi connectivity index (χ0n) is 14.0. The predicted molar refractivity (Wildman–Crippen MR) is 92.6 cm³/mol. The van der Waals surface area contributed by atoms with Crippen LogP contribution in [0, 0.1) is 17.2 Å². The Hall–Kier alpha value is -3.07. The zero-order valence-corrected chi connectivity index (χ0v) is 14.0. The van der Waals surface area contributed by atoms with Crippen LogP contribution in [0.4, 0.5) is 11.4 Å². The van der Waals surface area contributed by atoms with E-state index in [9.17, 15) is 9.59 Å². The quantitative estimate of drug-likeness (QED) is 0.886. The van der Waals surface area contributed by atoms with Crippen LogP contribution in [-0.4, -0.2) is 16.4 Å². The zero-order chi connectivity index (χ0) is 17.7. The standard InChI is InChI=1S/C18H20N4O2/c1-4-12(2)17(23)20-14-7-5-6-8-15(14)21-18(24)16-9-13(10-19)11-22(16)3/h5-9,11-12H,4H2,1-3H3,(H,20,23)(H,21,24). The third-order valence-electron chi connectivity index (χ3n) is 3.86. The molecule has 0 aliphatic rings. The minimum absolute atomic E-state index is 0.0927. The van der Waals surface area contributed by atoms with E-state index in [1.54, 1.807) is 42.1 Å². The molecule has 0 radical (unpaired) electrons. The molecule has 1 heterocycles. The Morgan fingerprint density at radius 2 is 1.88 bits per heavy atom. The molecule has 0 aliphatic heterocycles. The molecule has 0 spiro atoms. The molecule has 6 heteroatoms. The number of aromatic nitrogens is 1. The van der Waals surface area contributed by atoms with Gasteiger partial charge in [0, 0.05) is 19.2 Å². The van der Waals surface area contributed by atoms with E-state index in [1.165, 1.54) is 6.07 Å². The van der Waals surface area contributed by atoms with Gasteiger partial charge in [0.05, 0.1) is 16.9 Å². The van der Waals surface area contributed by atoms with Gasteiger partial charge in [-0.05, 0) is 24.6 Å². The van der Waals surface area contributed by atoms with Gasteiger partial charge in [0.15, 0.2) is 0 Å². The number of hydrogen-bond donors (Lipinski definition) is 2. The van der Waals surface area contributed by atoms with Crippen molar-refractivity contribution in [3.05, 3.63) is 47.8 Å². The van der Waals surface area contributed by atoms with Gasteiger partial charge in [-0.1, -0.05) is 26.0 Å². The fraction of sp³-hybridized carbons (Fsp3) is 0.278. The largest absolute Gasteiger partial charge is 0.345 e. The number of aryl methyl sites for hydroxylation is 1. The summed E-state index contributed by atoms with van der Waals surface area (Å²) in [5.41, 5.74) is 1.85. The maximum Gasteiger partial charge on any atom is 0.272 e. The van der Waals surface area contributed by atoms with Crippen LogP contribution in [0.5, 0.6) is 0 Å². The van der Waals surface area contributed by atoms with E-state index in [0.717, 1.165) is 6.42 Å². The molecule has 6 nitrogen and oxygen atoms in total. The van der Waals surface area contributed by atoms with Crippen LogP contribution in [0.25, 0.3) is 0 Å². The molecule has 1 unspecified atom stereocenters. The normalized spacial score (nSPS) is 11.4. The Bertz CT molecular complexity index is 802. The molecule has 2 N–H and O–H groups in total. The summed E-state index contributed by atoms with van der Waals surface area (Å²) >= 11 is 0. The topological polar surface area (TPSA) is 86.9 Å². The number of nitriles is 1. The van der Waals surface area contributed by atoms with Gasteiger partial charge < -0.3 is 15.2 Å². The fourth-order valence-corrected chi connectivity index (χ4v) is 2.18. The van der Waals surface area contributed by atoms with Crippen molar-refractivity contribution in [2.45, 2.75) is 20.3 Å². The average Bonchev–Trinajstić information content (AvgIpc) is 2.96. The monoisotopic (exact) mass is 324 g/mol. The second kappa shape index (κ2) is 7.47. The predicted octanol–water partition coefficient (Wildman–Crippen LogP) is 3.13. The molecule has 2 amide bonds. The lowest BCUT2D eigenvalue weighted by atomic mass is 10.1. The number of amides is 2. The highest BCUT2D eigenvalue weighted by Crippen LogP contribution is 2.23. The van der Waals surface area contributed by atoms with E-state index in [2.05, 4.69) is 10.6 Å². The first kappa shape index (κ1) is 17.3. The fourth-order valence-electron chi connectivity index (χ4n) is 2.18. The molecule has 2 rings (SSSR count). The van der Waals surface area contributed by atoms with Crippen molar-refractivity contribution in [1.29, 1.82) is 5.26 Å². The molecule has 1 aromatic heterocycles. The first-order chi connectivity index (χ1) is 11.5. The average molecular weight is 324 g/mol.